The Labute approximate surface area is 107 Å². The minimum atomic E-state index is -2.62. The first-order valence-electron chi connectivity index (χ1n) is 5.98. The molecule has 100 valence electrons. The zero-order valence-corrected chi connectivity index (χ0v) is 10.7. The predicted octanol–water partition coefficient (Wildman–Crippen LogP) is 3.76. The highest BCUT2D eigenvalue weighted by molar-refractivity contribution is 7.85. The Morgan fingerprint density at radius 3 is 2.56 bits per heavy atom. The molecule has 1 saturated carbocycles. The molecule has 2 atom stereocenters. The van der Waals surface area contributed by atoms with Crippen LogP contribution in [0.15, 0.2) is 29.2 Å². The van der Waals surface area contributed by atoms with E-state index < -0.39 is 16.7 Å². The van der Waals surface area contributed by atoms with Gasteiger partial charge in [0.1, 0.15) is 5.82 Å². The zero-order valence-electron chi connectivity index (χ0n) is 9.87. The van der Waals surface area contributed by atoms with Crippen molar-refractivity contribution in [1.29, 1.82) is 0 Å². The average molecular weight is 276 g/mol. The third-order valence-electron chi connectivity index (χ3n) is 3.21. The average Bonchev–Trinajstić information content (AvgIpc) is 2.28. The summed E-state index contributed by atoms with van der Waals surface area (Å²) >= 11 is 0. The molecule has 0 spiro atoms. The monoisotopic (exact) mass is 276 g/mol. The number of benzene rings is 1. The highest BCUT2D eigenvalue weighted by Crippen LogP contribution is 2.37. The van der Waals surface area contributed by atoms with Crippen molar-refractivity contribution < 1.29 is 17.4 Å². The summed E-state index contributed by atoms with van der Waals surface area (Å²) in [4.78, 5) is 0.505. The third kappa shape index (κ3) is 3.57. The third-order valence-corrected chi connectivity index (χ3v) is 4.78. The summed E-state index contributed by atoms with van der Waals surface area (Å²) in [6.07, 6.45) is 0.938. The lowest BCUT2D eigenvalue weighted by Gasteiger charge is -2.28. The van der Waals surface area contributed by atoms with Crippen molar-refractivity contribution in [3.63, 3.8) is 0 Å². The molecular formula is C13H15F3OS. The lowest BCUT2D eigenvalue weighted by molar-refractivity contribution is -0.0488. The molecule has 0 heterocycles. The largest absolute Gasteiger partial charge is 0.254 e. The van der Waals surface area contributed by atoms with Gasteiger partial charge in [-0.2, -0.15) is 0 Å². The fourth-order valence-electron chi connectivity index (χ4n) is 2.31. The van der Waals surface area contributed by atoms with Crippen molar-refractivity contribution in [3.8, 4) is 0 Å². The molecule has 1 aromatic carbocycles. The Morgan fingerprint density at radius 2 is 1.94 bits per heavy atom. The first kappa shape index (κ1) is 13.6. The highest BCUT2D eigenvalue weighted by atomic mass is 32.2. The molecule has 0 aliphatic heterocycles. The smallest absolute Gasteiger partial charge is 0.248 e. The van der Waals surface area contributed by atoms with Crippen molar-refractivity contribution in [2.24, 2.45) is 5.92 Å². The van der Waals surface area contributed by atoms with Crippen LogP contribution in [0.3, 0.4) is 0 Å². The second-order valence-electron chi connectivity index (χ2n) is 4.78. The fraction of sp³-hybridized carbons (Fsp3) is 0.538. The number of hydrogen-bond acceptors (Lipinski definition) is 1. The fourth-order valence-corrected chi connectivity index (χ4v) is 3.66. The number of alkyl halides is 2. The molecule has 0 bridgehead atoms. The maximum atomic E-state index is 13.2. The molecule has 1 aromatic rings. The van der Waals surface area contributed by atoms with Crippen LogP contribution in [-0.2, 0) is 10.8 Å². The summed E-state index contributed by atoms with van der Waals surface area (Å²) in [6, 6.07) is 5.38. The lowest BCUT2D eigenvalue weighted by Crippen LogP contribution is -2.28. The van der Waals surface area contributed by atoms with Crippen LogP contribution >= 0.6 is 0 Å². The maximum Gasteiger partial charge on any atom is 0.248 e. The van der Waals surface area contributed by atoms with E-state index in [0.717, 1.165) is 0 Å². The van der Waals surface area contributed by atoms with E-state index in [4.69, 9.17) is 0 Å². The molecule has 0 radical (unpaired) electrons. The molecule has 1 fully saturated rings. The van der Waals surface area contributed by atoms with Crippen LogP contribution in [-0.4, -0.2) is 15.9 Å². The minimum Gasteiger partial charge on any atom is -0.254 e. The zero-order chi connectivity index (χ0) is 13.2. The number of hydrogen-bond donors (Lipinski definition) is 0. The molecule has 1 aliphatic carbocycles. The van der Waals surface area contributed by atoms with E-state index in [1.807, 2.05) is 0 Å². The molecule has 2 rings (SSSR count). The second kappa shape index (κ2) is 5.43. The van der Waals surface area contributed by atoms with Crippen LogP contribution < -0.4 is 0 Å². The standard InChI is InChI=1S/C13H15F3OS/c14-11-3-5-12(6-4-11)18(17)9-10-2-1-7-13(15,16)8-10/h3-6,10H,1-2,7-9H2. The summed E-state index contributed by atoms with van der Waals surface area (Å²) in [5, 5.41) is 0. The Morgan fingerprint density at radius 1 is 1.28 bits per heavy atom. The van der Waals surface area contributed by atoms with Gasteiger partial charge in [-0.05, 0) is 43.0 Å². The van der Waals surface area contributed by atoms with Crippen molar-refractivity contribution in [2.45, 2.75) is 36.5 Å². The van der Waals surface area contributed by atoms with Crippen LogP contribution in [0.1, 0.15) is 25.7 Å². The van der Waals surface area contributed by atoms with Crippen molar-refractivity contribution >= 4 is 10.8 Å². The summed E-state index contributed by atoms with van der Waals surface area (Å²) < 4.78 is 51.1. The molecule has 0 N–H and O–H groups in total. The normalized spacial score (nSPS) is 24.7. The van der Waals surface area contributed by atoms with E-state index in [1.54, 1.807) is 0 Å². The Kier molecular flexibility index (Phi) is 4.10. The van der Waals surface area contributed by atoms with Gasteiger partial charge < -0.3 is 0 Å². The summed E-state index contributed by atoms with van der Waals surface area (Å²) in [6.45, 7) is 0. The Balaban J connectivity index is 1.97. The maximum absolute atomic E-state index is 13.2. The van der Waals surface area contributed by atoms with Gasteiger partial charge in [0.15, 0.2) is 0 Å². The second-order valence-corrected chi connectivity index (χ2v) is 6.28. The minimum absolute atomic E-state index is 0.0628. The Hall–Kier alpha value is -0.840. The van der Waals surface area contributed by atoms with E-state index >= 15 is 0 Å². The SMILES string of the molecule is O=S(CC1CCCC(F)(F)C1)c1ccc(F)cc1. The molecule has 1 nitrogen and oxygen atoms in total. The van der Waals surface area contributed by atoms with Crippen LogP contribution in [0, 0.1) is 11.7 Å². The van der Waals surface area contributed by atoms with E-state index in [2.05, 4.69) is 0 Å². The van der Waals surface area contributed by atoms with Gasteiger partial charge in [-0.3, -0.25) is 4.21 Å². The number of halogens is 3. The van der Waals surface area contributed by atoms with E-state index in [1.165, 1.54) is 24.3 Å². The van der Waals surface area contributed by atoms with Gasteiger partial charge in [0.25, 0.3) is 0 Å². The molecular weight excluding hydrogens is 261 g/mol. The van der Waals surface area contributed by atoms with Gasteiger partial charge in [-0.25, -0.2) is 13.2 Å². The van der Waals surface area contributed by atoms with Crippen molar-refractivity contribution in [1.82, 2.24) is 0 Å². The molecule has 1 aliphatic rings. The molecule has 5 heteroatoms. The quantitative estimate of drug-likeness (QED) is 0.821. The van der Waals surface area contributed by atoms with Crippen molar-refractivity contribution in [3.05, 3.63) is 30.1 Å². The van der Waals surface area contributed by atoms with E-state index in [-0.39, 0.29) is 30.3 Å². The van der Waals surface area contributed by atoms with Gasteiger partial charge in [-0.1, -0.05) is 0 Å². The van der Waals surface area contributed by atoms with Gasteiger partial charge in [0.2, 0.25) is 5.92 Å². The highest BCUT2D eigenvalue weighted by Gasteiger charge is 2.36. The van der Waals surface area contributed by atoms with Gasteiger partial charge in [0, 0.05) is 23.5 Å². The molecule has 18 heavy (non-hydrogen) atoms. The van der Waals surface area contributed by atoms with Gasteiger partial charge in [-0.15, -0.1) is 0 Å². The molecule has 2 unspecified atom stereocenters. The molecule has 0 saturated heterocycles. The van der Waals surface area contributed by atoms with E-state index in [0.29, 0.717) is 17.7 Å². The summed E-state index contributed by atoms with van der Waals surface area (Å²) in [7, 11) is -1.32. The Bertz CT molecular complexity index is 430. The summed E-state index contributed by atoms with van der Waals surface area (Å²) in [5.74, 6) is -2.98. The first-order valence-corrected chi connectivity index (χ1v) is 7.30. The predicted molar refractivity (Wildman–Crippen MR) is 64.6 cm³/mol. The van der Waals surface area contributed by atoms with Crippen LogP contribution in [0.2, 0.25) is 0 Å². The van der Waals surface area contributed by atoms with Crippen LogP contribution in [0.5, 0.6) is 0 Å². The van der Waals surface area contributed by atoms with Crippen LogP contribution in [0.4, 0.5) is 13.2 Å². The summed E-state index contributed by atoms with van der Waals surface area (Å²) in [5.41, 5.74) is 0. The van der Waals surface area contributed by atoms with Gasteiger partial charge in [0.05, 0.1) is 10.8 Å². The van der Waals surface area contributed by atoms with E-state index in [9.17, 15) is 17.4 Å². The molecule has 0 aromatic heterocycles. The molecule has 0 amide bonds. The van der Waals surface area contributed by atoms with Gasteiger partial charge >= 0.3 is 0 Å². The first-order chi connectivity index (χ1) is 8.46. The van der Waals surface area contributed by atoms with Crippen LogP contribution in [0.25, 0.3) is 0 Å². The topological polar surface area (TPSA) is 17.1 Å². The lowest BCUT2D eigenvalue weighted by atomic mass is 9.88. The van der Waals surface area contributed by atoms with Crippen molar-refractivity contribution in [2.75, 3.05) is 5.75 Å². The number of rotatable bonds is 3.